The highest BCUT2D eigenvalue weighted by Gasteiger charge is 2.51. The molecule has 4 N–H and O–H groups in total. The van der Waals surface area contributed by atoms with Gasteiger partial charge in [-0.2, -0.15) is 0 Å². The van der Waals surface area contributed by atoms with E-state index in [9.17, 15) is 29.1 Å². The molecule has 3 aromatic rings. The average molecular weight is 572 g/mol. The Labute approximate surface area is 243 Å². The molecule has 0 unspecified atom stereocenters. The van der Waals surface area contributed by atoms with Gasteiger partial charge in [0, 0.05) is 17.9 Å². The van der Waals surface area contributed by atoms with E-state index >= 15 is 0 Å². The minimum Gasteiger partial charge on any atom is -0.481 e. The Morgan fingerprint density at radius 1 is 0.881 bits per heavy atom. The Bertz CT molecular complexity index is 1490. The number of aryl methyl sites for hydroxylation is 1. The largest absolute Gasteiger partial charge is 0.481 e. The van der Waals surface area contributed by atoms with Crippen LogP contribution in [0.4, 0.5) is 21.0 Å². The molecule has 0 saturated carbocycles. The number of carboxylic acid groups (broad SMARTS) is 1. The third-order valence-electron chi connectivity index (χ3n) is 7.07. The van der Waals surface area contributed by atoms with Gasteiger partial charge in [0.2, 0.25) is 5.91 Å². The first-order chi connectivity index (χ1) is 20.0. The van der Waals surface area contributed by atoms with E-state index in [-0.39, 0.29) is 13.0 Å². The van der Waals surface area contributed by atoms with Crippen molar-refractivity contribution in [2.75, 3.05) is 17.2 Å². The third kappa shape index (κ3) is 6.92. The normalized spacial score (nSPS) is 14.8. The van der Waals surface area contributed by atoms with Gasteiger partial charge >= 0.3 is 18.0 Å². The second-order valence-electron chi connectivity index (χ2n) is 10.5. The third-order valence-corrected chi connectivity index (χ3v) is 7.07. The summed E-state index contributed by atoms with van der Waals surface area (Å²) in [6, 6.07) is 21.1. The van der Waals surface area contributed by atoms with Gasteiger partial charge in [-0.15, -0.1) is 0 Å². The van der Waals surface area contributed by atoms with E-state index in [1.165, 1.54) is 4.90 Å². The number of amides is 6. The van der Waals surface area contributed by atoms with Crippen molar-refractivity contribution in [3.63, 3.8) is 0 Å². The summed E-state index contributed by atoms with van der Waals surface area (Å²) in [5.74, 6) is -2.29. The standard InChI is InChI=1S/C31H33N5O6/c1-20-9-7-8-12-24(20)34-29(41)32-23-15-13-21(14-16-23)18-36-30(42)35(28(40)31(36,2)3)19-26(37)33-25(17-27(38)39)22-10-5-4-6-11-22/h4-16,25H,17-19H2,1-3H3,(H,33,37)(H,38,39)(H2,32,34,41)/t25-/m0/s1. The smallest absolute Gasteiger partial charge is 0.328 e. The van der Waals surface area contributed by atoms with Crippen molar-refractivity contribution in [2.24, 2.45) is 0 Å². The Balaban J connectivity index is 1.39. The molecule has 11 heteroatoms. The molecule has 218 valence electrons. The summed E-state index contributed by atoms with van der Waals surface area (Å²) in [6.07, 6.45) is -0.353. The monoisotopic (exact) mass is 571 g/mol. The lowest BCUT2D eigenvalue weighted by Crippen LogP contribution is -2.44. The number of nitrogens with zero attached hydrogens (tertiary/aromatic N) is 2. The quantitative estimate of drug-likeness (QED) is 0.263. The van der Waals surface area contributed by atoms with E-state index in [2.05, 4.69) is 16.0 Å². The first kappa shape index (κ1) is 29.8. The summed E-state index contributed by atoms with van der Waals surface area (Å²) in [5.41, 5.74) is 2.26. The summed E-state index contributed by atoms with van der Waals surface area (Å²) in [5, 5.41) is 17.5. The van der Waals surface area contributed by atoms with Crippen LogP contribution < -0.4 is 16.0 Å². The molecule has 1 saturated heterocycles. The Hall–Kier alpha value is -5.19. The number of nitrogens with one attached hydrogen (secondary N) is 3. The number of urea groups is 2. The minimum absolute atomic E-state index is 0.0943. The van der Waals surface area contributed by atoms with E-state index in [0.717, 1.165) is 10.5 Å². The van der Waals surface area contributed by atoms with Gasteiger partial charge < -0.3 is 26.0 Å². The maximum Gasteiger partial charge on any atom is 0.328 e. The van der Waals surface area contributed by atoms with Crippen molar-refractivity contribution in [3.8, 4) is 0 Å². The van der Waals surface area contributed by atoms with E-state index in [1.807, 2.05) is 25.1 Å². The fourth-order valence-electron chi connectivity index (χ4n) is 4.69. The molecule has 1 aliphatic rings. The summed E-state index contributed by atoms with van der Waals surface area (Å²) < 4.78 is 0. The lowest BCUT2D eigenvalue weighted by molar-refractivity contribution is -0.138. The van der Waals surface area contributed by atoms with Gasteiger partial charge in [-0.1, -0.05) is 60.7 Å². The molecule has 4 rings (SSSR count). The number of para-hydroxylation sites is 1. The topological polar surface area (TPSA) is 148 Å². The van der Waals surface area contributed by atoms with Gasteiger partial charge in [-0.25, -0.2) is 9.59 Å². The van der Waals surface area contributed by atoms with Gasteiger partial charge in [0.25, 0.3) is 5.91 Å². The predicted molar refractivity (Wildman–Crippen MR) is 157 cm³/mol. The first-order valence-corrected chi connectivity index (χ1v) is 13.4. The Kier molecular flexibility index (Phi) is 8.90. The molecule has 3 aromatic carbocycles. The molecule has 6 amide bonds. The summed E-state index contributed by atoms with van der Waals surface area (Å²) >= 11 is 0. The lowest BCUT2D eigenvalue weighted by Gasteiger charge is -2.27. The number of rotatable bonds is 10. The van der Waals surface area contributed by atoms with Gasteiger partial charge in [0.15, 0.2) is 0 Å². The summed E-state index contributed by atoms with van der Waals surface area (Å²) in [6.45, 7) is 4.66. The molecule has 0 bridgehead atoms. The highest BCUT2D eigenvalue weighted by Crippen LogP contribution is 2.30. The fourth-order valence-corrected chi connectivity index (χ4v) is 4.69. The van der Waals surface area contributed by atoms with Gasteiger partial charge in [0.1, 0.15) is 12.1 Å². The van der Waals surface area contributed by atoms with Crippen LogP contribution in [0.25, 0.3) is 0 Å². The number of imide groups is 1. The lowest BCUT2D eigenvalue weighted by atomic mass is 10.0. The van der Waals surface area contributed by atoms with Crippen LogP contribution in [0.1, 0.15) is 43.0 Å². The van der Waals surface area contributed by atoms with Crippen LogP contribution >= 0.6 is 0 Å². The van der Waals surface area contributed by atoms with E-state index in [0.29, 0.717) is 22.5 Å². The van der Waals surface area contributed by atoms with Crippen LogP contribution in [-0.4, -0.2) is 56.8 Å². The number of anilines is 2. The zero-order valence-corrected chi connectivity index (χ0v) is 23.6. The molecule has 1 heterocycles. The average Bonchev–Trinajstić information content (AvgIpc) is 3.10. The molecular formula is C31H33N5O6. The van der Waals surface area contributed by atoms with E-state index in [4.69, 9.17) is 0 Å². The maximum absolute atomic E-state index is 13.3. The number of hydrogen-bond donors (Lipinski definition) is 4. The van der Waals surface area contributed by atoms with Crippen molar-refractivity contribution >= 4 is 41.2 Å². The molecule has 42 heavy (non-hydrogen) atoms. The summed E-state index contributed by atoms with van der Waals surface area (Å²) in [7, 11) is 0. The first-order valence-electron chi connectivity index (χ1n) is 13.4. The highest BCUT2D eigenvalue weighted by molar-refractivity contribution is 6.08. The zero-order chi connectivity index (χ0) is 30.4. The van der Waals surface area contributed by atoms with Crippen molar-refractivity contribution < 1.29 is 29.1 Å². The SMILES string of the molecule is Cc1ccccc1NC(=O)Nc1ccc(CN2C(=O)N(CC(=O)N[C@@H](CC(=O)O)c3ccccc3)C(=O)C2(C)C)cc1. The number of carbonyl (C=O) groups is 5. The van der Waals surface area contributed by atoms with Gasteiger partial charge in [0.05, 0.1) is 12.5 Å². The zero-order valence-electron chi connectivity index (χ0n) is 23.6. The van der Waals surface area contributed by atoms with Crippen LogP contribution in [0.2, 0.25) is 0 Å². The molecule has 1 fully saturated rings. The number of hydrogen-bond acceptors (Lipinski definition) is 5. The number of aliphatic carboxylic acids is 1. The van der Waals surface area contributed by atoms with Crippen molar-refractivity contribution in [3.05, 3.63) is 95.6 Å². The second-order valence-corrected chi connectivity index (χ2v) is 10.5. The van der Waals surface area contributed by atoms with Crippen LogP contribution in [0.15, 0.2) is 78.9 Å². The van der Waals surface area contributed by atoms with Crippen molar-refractivity contribution in [1.29, 1.82) is 0 Å². The van der Waals surface area contributed by atoms with Crippen molar-refractivity contribution in [1.82, 2.24) is 15.1 Å². The molecule has 1 atom stereocenters. The number of carboxylic acids is 1. The van der Waals surface area contributed by atoms with E-state index in [1.54, 1.807) is 74.5 Å². The molecule has 0 aliphatic carbocycles. The van der Waals surface area contributed by atoms with Gasteiger partial charge in [-0.05, 0) is 55.7 Å². The maximum atomic E-state index is 13.3. The summed E-state index contributed by atoms with van der Waals surface area (Å²) in [4.78, 5) is 65.4. The molecule has 0 aromatic heterocycles. The predicted octanol–water partition coefficient (Wildman–Crippen LogP) is 4.51. The molecule has 0 radical (unpaired) electrons. The Morgan fingerprint density at radius 2 is 1.52 bits per heavy atom. The molecule has 11 nitrogen and oxygen atoms in total. The number of benzene rings is 3. The van der Waals surface area contributed by atoms with E-state index < -0.39 is 48.0 Å². The van der Waals surface area contributed by atoms with Gasteiger partial charge in [-0.3, -0.25) is 19.3 Å². The molecular weight excluding hydrogens is 538 g/mol. The Morgan fingerprint density at radius 3 is 2.17 bits per heavy atom. The van der Waals surface area contributed by atoms with Crippen LogP contribution in [-0.2, 0) is 20.9 Å². The van der Waals surface area contributed by atoms with Crippen molar-refractivity contribution in [2.45, 2.75) is 45.3 Å². The number of carbonyl (C=O) groups excluding carboxylic acids is 4. The minimum atomic E-state index is -1.22. The van der Waals surface area contributed by atoms with Crippen LogP contribution in [0, 0.1) is 6.92 Å². The van der Waals surface area contributed by atoms with Crippen LogP contribution in [0.5, 0.6) is 0 Å². The molecule has 0 spiro atoms. The van der Waals surface area contributed by atoms with Crippen LogP contribution in [0.3, 0.4) is 0 Å². The molecule has 1 aliphatic heterocycles. The fraction of sp³-hybridized carbons (Fsp3) is 0.258. The highest BCUT2D eigenvalue weighted by atomic mass is 16.4. The second kappa shape index (κ2) is 12.5.